The van der Waals surface area contributed by atoms with E-state index in [0.29, 0.717) is 19.4 Å². The van der Waals surface area contributed by atoms with Crippen LogP contribution in [-0.2, 0) is 25.5 Å². The number of ether oxygens (including phenoxy) is 2. The van der Waals surface area contributed by atoms with Crippen LogP contribution in [0, 0.1) is 0 Å². The van der Waals surface area contributed by atoms with Gasteiger partial charge < -0.3 is 14.8 Å². The third-order valence-corrected chi connectivity index (χ3v) is 7.87. The maximum Gasteiger partial charge on any atom is 0.411 e. The standard InChI is InChI=1S/C25H39N3O5S2/c1-24(2,3)33-23(31)28-18(17-35-25(28,4)5)11-8-9-13-27(6)20(15-19-12-10-14-34-19)22(30)26-16-21(29)32-7/h8,10-12,14,18,20H,9,13,15-17H2,1-7H3,(H,26,30)/b11-8+. The Kier molecular flexibility index (Phi) is 10.7. The van der Waals surface area contributed by atoms with E-state index in [1.165, 1.54) is 7.11 Å². The molecule has 0 aliphatic carbocycles. The summed E-state index contributed by atoms with van der Waals surface area (Å²) in [7, 11) is 3.20. The number of carbonyl (C=O) groups is 3. The van der Waals surface area contributed by atoms with E-state index in [9.17, 15) is 14.4 Å². The molecule has 1 fully saturated rings. The summed E-state index contributed by atoms with van der Waals surface area (Å²) >= 11 is 3.33. The van der Waals surface area contributed by atoms with Crippen molar-refractivity contribution < 1.29 is 23.9 Å². The Bertz CT molecular complexity index is 880. The van der Waals surface area contributed by atoms with Crippen LogP contribution in [0.2, 0.25) is 0 Å². The molecule has 1 saturated heterocycles. The van der Waals surface area contributed by atoms with Gasteiger partial charge >= 0.3 is 12.1 Å². The lowest BCUT2D eigenvalue weighted by Gasteiger charge is -2.35. The van der Waals surface area contributed by atoms with E-state index in [0.717, 1.165) is 10.6 Å². The van der Waals surface area contributed by atoms with Crippen molar-refractivity contribution in [2.75, 3.05) is 33.0 Å². The van der Waals surface area contributed by atoms with Gasteiger partial charge in [0.25, 0.3) is 0 Å². The van der Waals surface area contributed by atoms with Gasteiger partial charge in [-0.05, 0) is 59.5 Å². The fourth-order valence-corrected chi connectivity index (χ4v) is 5.68. The van der Waals surface area contributed by atoms with Crippen LogP contribution in [0.15, 0.2) is 29.7 Å². The Balaban J connectivity index is 1.99. The van der Waals surface area contributed by atoms with Crippen molar-refractivity contribution in [1.29, 1.82) is 0 Å². The van der Waals surface area contributed by atoms with Gasteiger partial charge in [-0.1, -0.05) is 18.2 Å². The lowest BCUT2D eigenvalue weighted by molar-refractivity contribution is -0.141. The number of nitrogens with zero attached hydrogens (tertiary/aromatic N) is 2. The van der Waals surface area contributed by atoms with E-state index >= 15 is 0 Å². The van der Waals surface area contributed by atoms with Crippen LogP contribution in [0.3, 0.4) is 0 Å². The zero-order valence-electron chi connectivity index (χ0n) is 21.8. The molecule has 2 heterocycles. The van der Waals surface area contributed by atoms with Crippen molar-refractivity contribution in [3.8, 4) is 0 Å². The van der Waals surface area contributed by atoms with Gasteiger partial charge in [-0.15, -0.1) is 23.1 Å². The predicted octanol–water partition coefficient (Wildman–Crippen LogP) is 3.92. The van der Waals surface area contributed by atoms with Crippen molar-refractivity contribution in [1.82, 2.24) is 15.1 Å². The lowest BCUT2D eigenvalue weighted by atomic mass is 10.1. The minimum absolute atomic E-state index is 0.0552. The number of esters is 1. The Morgan fingerprint density at radius 3 is 2.66 bits per heavy atom. The molecule has 0 spiro atoms. The molecule has 1 aliphatic heterocycles. The van der Waals surface area contributed by atoms with Crippen molar-refractivity contribution in [2.45, 2.75) is 70.0 Å². The highest BCUT2D eigenvalue weighted by atomic mass is 32.2. The van der Waals surface area contributed by atoms with Gasteiger partial charge in [-0.25, -0.2) is 4.79 Å². The van der Waals surface area contributed by atoms with E-state index in [1.54, 1.807) is 23.1 Å². The van der Waals surface area contributed by atoms with Crippen LogP contribution in [-0.4, -0.2) is 83.3 Å². The van der Waals surface area contributed by atoms with E-state index < -0.39 is 17.6 Å². The summed E-state index contributed by atoms with van der Waals surface area (Å²) in [5.41, 5.74) is -0.552. The van der Waals surface area contributed by atoms with Gasteiger partial charge in [0.1, 0.15) is 12.1 Å². The zero-order valence-corrected chi connectivity index (χ0v) is 23.5. The van der Waals surface area contributed by atoms with E-state index in [2.05, 4.69) is 22.2 Å². The Labute approximate surface area is 217 Å². The monoisotopic (exact) mass is 525 g/mol. The van der Waals surface area contributed by atoms with Crippen LogP contribution in [0.4, 0.5) is 4.79 Å². The van der Waals surface area contributed by atoms with E-state index in [-0.39, 0.29) is 29.5 Å². The molecule has 0 radical (unpaired) electrons. The molecule has 1 aromatic heterocycles. The second-order valence-corrected chi connectivity index (χ2v) is 12.6. The molecule has 2 amide bonds. The largest absolute Gasteiger partial charge is 0.468 e. The number of thioether (sulfide) groups is 1. The fraction of sp³-hybridized carbons (Fsp3) is 0.640. The summed E-state index contributed by atoms with van der Waals surface area (Å²) < 4.78 is 10.3. The molecular formula is C25H39N3O5S2. The quantitative estimate of drug-likeness (QED) is 0.366. The second kappa shape index (κ2) is 12.8. The Morgan fingerprint density at radius 1 is 1.34 bits per heavy atom. The average Bonchev–Trinajstić information content (AvgIpc) is 3.38. The van der Waals surface area contributed by atoms with Crippen LogP contribution >= 0.6 is 23.1 Å². The van der Waals surface area contributed by atoms with Gasteiger partial charge in [0, 0.05) is 23.6 Å². The normalized spacial score (nSPS) is 18.6. The molecule has 8 nitrogen and oxygen atoms in total. The predicted molar refractivity (Wildman–Crippen MR) is 142 cm³/mol. The molecule has 1 aromatic rings. The lowest BCUT2D eigenvalue weighted by Crippen LogP contribution is -2.48. The van der Waals surface area contributed by atoms with Crippen LogP contribution in [0.25, 0.3) is 0 Å². The van der Waals surface area contributed by atoms with Gasteiger partial charge in [0.15, 0.2) is 0 Å². The number of methoxy groups -OCH3 is 1. The molecule has 0 bridgehead atoms. The number of thiophene rings is 1. The second-order valence-electron chi connectivity index (χ2n) is 9.97. The molecule has 1 aliphatic rings. The molecule has 2 rings (SSSR count). The first-order valence-corrected chi connectivity index (χ1v) is 13.6. The minimum Gasteiger partial charge on any atom is -0.468 e. The van der Waals surface area contributed by atoms with Crippen molar-refractivity contribution in [2.24, 2.45) is 0 Å². The average molecular weight is 526 g/mol. The molecule has 2 atom stereocenters. The number of hydrogen-bond donors (Lipinski definition) is 1. The summed E-state index contributed by atoms with van der Waals surface area (Å²) in [5, 5.41) is 4.66. The maximum absolute atomic E-state index is 12.8. The van der Waals surface area contributed by atoms with Crippen LogP contribution in [0.5, 0.6) is 0 Å². The number of nitrogens with one attached hydrogen (secondary N) is 1. The van der Waals surface area contributed by atoms with E-state index in [4.69, 9.17) is 4.74 Å². The highest BCUT2D eigenvalue weighted by molar-refractivity contribution is 8.00. The third-order valence-electron chi connectivity index (χ3n) is 5.56. The Morgan fingerprint density at radius 2 is 2.06 bits per heavy atom. The molecular weight excluding hydrogens is 486 g/mol. The molecule has 196 valence electrons. The molecule has 1 N–H and O–H groups in total. The summed E-state index contributed by atoms with van der Waals surface area (Å²) in [5.74, 6) is 0.112. The number of hydrogen-bond acceptors (Lipinski definition) is 8. The maximum atomic E-state index is 12.8. The summed E-state index contributed by atoms with van der Waals surface area (Å²) in [6.45, 7) is 10.2. The fourth-order valence-electron chi connectivity index (χ4n) is 3.75. The first-order valence-electron chi connectivity index (χ1n) is 11.7. The number of rotatable bonds is 10. The topological polar surface area (TPSA) is 88.2 Å². The van der Waals surface area contributed by atoms with Gasteiger partial charge in [-0.2, -0.15) is 0 Å². The summed E-state index contributed by atoms with van der Waals surface area (Å²) in [6, 6.07) is 3.50. The number of amides is 2. The summed E-state index contributed by atoms with van der Waals surface area (Å²) in [6.07, 6.45) is 5.09. The third kappa shape index (κ3) is 9.16. The molecule has 10 heteroatoms. The minimum atomic E-state index is -0.552. The number of likely N-dealkylation sites (N-methyl/N-ethyl adjacent to an activating group) is 1. The summed E-state index contributed by atoms with van der Waals surface area (Å²) in [4.78, 5) is 41.7. The molecule has 0 saturated carbocycles. The molecule has 35 heavy (non-hydrogen) atoms. The van der Waals surface area contributed by atoms with Crippen LogP contribution < -0.4 is 5.32 Å². The highest BCUT2D eigenvalue weighted by Gasteiger charge is 2.44. The first kappa shape index (κ1) is 29.2. The van der Waals surface area contributed by atoms with E-state index in [1.807, 2.05) is 69.0 Å². The Hall–Kier alpha value is -2.04. The highest BCUT2D eigenvalue weighted by Crippen LogP contribution is 2.40. The van der Waals surface area contributed by atoms with Gasteiger partial charge in [-0.3, -0.25) is 19.4 Å². The van der Waals surface area contributed by atoms with Crippen molar-refractivity contribution in [3.05, 3.63) is 34.5 Å². The zero-order chi connectivity index (χ0) is 26.2. The first-order chi connectivity index (χ1) is 16.3. The molecule has 2 unspecified atom stereocenters. The van der Waals surface area contributed by atoms with Crippen molar-refractivity contribution in [3.63, 3.8) is 0 Å². The number of carbonyl (C=O) groups excluding carboxylic acids is 3. The van der Waals surface area contributed by atoms with Crippen LogP contribution in [0.1, 0.15) is 45.9 Å². The smallest absolute Gasteiger partial charge is 0.411 e. The molecule has 0 aromatic carbocycles. The van der Waals surface area contributed by atoms with Crippen molar-refractivity contribution >= 4 is 41.1 Å². The SMILES string of the molecule is COC(=O)CNC(=O)C(Cc1cccs1)N(C)CC/C=C/C1CSC(C)(C)N1C(=O)OC(C)(C)C. The van der Waals surface area contributed by atoms with Gasteiger partial charge in [0.2, 0.25) is 5.91 Å². The van der Waals surface area contributed by atoms with Gasteiger partial charge in [0.05, 0.1) is 24.1 Å².